The first kappa shape index (κ1) is 33.7. The van der Waals surface area contributed by atoms with Gasteiger partial charge in [-0.25, -0.2) is 9.97 Å². The molecule has 49 heavy (non-hydrogen) atoms. The lowest BCUT2D eigenvalue weighted by Crippen LogP contribution is -2.67. The third-order valence-corrected chi connectivity index (χ3v) is 15.5. The molecule has 7 nitrogen and oxygen atoms in total. The first-order chi connectivity index (χ1) is 23.5. The minimum absolute atomic E-state index is 0.0345. The number of rotatable bonds is 9. The van der Waals surface area contributed by atoms with Crippen molar-refractivity contribution in [3.8, 4) is 0 Å². The average molecular weight is 675 g/mol. The largest absolute Gasteiger partial charge is 0.407 e. The Labute approximate surface area is 291 Å². The van der Waals surface area contributed by atoms with Gasteiger partial charge in [-0.3, -0.25) is 0 Å². The van der Waals surface area contributed by atoms with Crippen LogP contribution in [0.5, 0.6) is 0 Å². The van der Waals surface area contributed by atoms with E-state index in [4.69, 9.17) is 14.1 Å². The third-order valence-electron chi connectivity index (χ3n) is 10.5. The first-order valence-corrected chi connectivity index (χ1v) is 19.6. The van der Waals surface area contributed by atoms with E-state index in [1.54, 1.807) is 6.33 Å². The number of aryl methyl sites for hydroxylation is 1. The normalized spacial score (nSPS) is 22.8. The number of nitrogens with one attached hydrogen (secondary N) is 1. The number of anilines is 1. The zero-order chi connectivity index (χ0) is 34.4. The highest BCUT2D eigenvalue weighted by atomic mass is 28.4. The predicted molar refractivity (Wildman–Crippen MR) is 200 cm³/mol. The van der Waals surface area contributed by atoms with E-state index in [2.05, 4.69) is 154 Å². The van der Waals surface area contributed by atoms with Crippen LogP contribution in [-0.4, -0.2) is 52.4 Å². The Morgan fingerprint density at radius 3 is 2.16 bits per heavy atom. The summed E-state index contributed by atoms with van der Waals surface area (Å²) >= 11 is 0. The molecule has 0 aliphatic heterocycles. The molecule has 0 bridgehead atoms. The summed E-state index contributed by atoms with van der Waals surface area (Å²) < 4.78 is 16.3. The van der Waals surface area contributed by atoms with Gasteiger partial charge in [0.15, 0.2) is 0 Å². The summed E-state index contributed by atoms with van der Waals surface area (Å²) in [5.74, 6) is 0.791. The predicted octanol–water partition coefficient (Wildman–Crippen LogP) is 7.21. The minimum atomic E-state index is -2.78. The third kappa shape index (κ3) is 6.36. The number of benzene rings is 3. The van der Waals surface area contributed by atoms with Crippen LogP contribution in [0.3, 0.4) is 0 Å². The molecule has 2 aromatic heterocycles. The molecule has 1 saturated carbocycles. The van der Waals surface area contributed by atoms with E-state index in [9.17, 15) is 5.11 Å². The van der Waals surface area contributed by atoms with E-state index < -0.39 is 26.1 Å². The molecule has 7 rings (SSSR count). The van der Waals surface area contributed by atoms with Gasteiger partial charge in [-0.2, -0.15) is 0 Å². The Morgan fingerprint density at radius 2 is 1.51 bits per heavy atom. The van der Waals surface area contributed by atoms with Gasteiger partial charge in [0, 0.05) is 18.7 Å². The van der Waals surface area contributed by atoms with Gasteiger partial charge >= 0.3 is 0 Å². The maximum atomic E-state index is 12.1. The van der Waals surface area contributed by atoms with Crippen LogP contribution >= 0.6 is 0 Å². The molecule has 0 amide bonds. The highest BCUT2D eigenvalue weighted by Crippen LogP contribution is 2.44. The fourth-order valence-electron chi connectivity index (χ4n) is 8.32. The molecule has 2 aliphatic rings. The Kier molecular flexibility index (Phi) is 9.03. The van der Waals surface area contributed by atoms with Gasteiger partial charge in [-0.05, 0) is 72.6 Å². The molecule has 2 aliphatic carbocycles. The first-order valence-electron chi connectivity index (χ1n) is 17.7. The molecule has 0 saturated heterocycles. The number of hydrogen-bond acceptors (Lipinski definition) is 6. The molecule has 3 aromatic carbocycles. The van der Waals surface area contributed by atoms with Crippen LogP contribution < -0.4 is 15.7 Å². The van der Waals surface area contributed by atoms with Crippen molar-refractivity contribution < 1.29 is 14.3 Å². The molecular formula is C41H50N4O3Si. The monoisotopic (exact) mass is 674 g/mol. The van der Waals surface area contributed by atoms with Gasteiger partial charge in [-0.15, -0.1) is 0 Å². The summed E-state index contributed by atoms with van der Waals surface area (Å²) in [4.78, 5) is 9.44. The van der Waals surface area contributed by atoms with Crippen LogP contribution in [0.2, 0.25) is 5.04 Å². The second kappa shape index (κ2) is 13.1. The second-order valence-corrected chi connectivity index (χ2v) is 20.1. The second-order valence-electron chi connectivity index (χ2n) is 15.8. The Balaban J connectivity index is 1.21. The van der Waals surface area contributed by atoms with E-state index in [-0.39, 0.29) is 23.0 Å². The SMILES string of the molecule is CC(C)(C)OC1C(CO[Si](c2ccccc2)(c2ccccc2)C(C)(C)C)CC(n2ccc3c(NC4CCc5ccccc54)ncnc32)C1O. The number of ether oxygens (including phenoxy) is 1. The molecule has 5 unspecified atom stereocenters. The number of fused-ring (bicyclic) bond motifs is 2. The standard InChI is InChI=1S/C41H50N4O3Si/c1-40(2,3)48-37-29(26-47-49(41(4,5)6,30-16-9-7-10-17-30)31-18-11-8-12-19-31)25-35(36(37)46)45-24-23-33-38(42-27-43-39(33)45)44-34-22-21-28-15-13-14-20-32(28)34/h7-20,23-24,27,29,34-37,46H,21-22,25-26H2,1-6H3,(H,42,43,44). The van der Waals surface area contributed by atoms with Crippen molar-refractivity contribution >= 4 is 35.5 Å². The smallest absolute Gasteiger partial charge is 0.261 e. The van der Waals surface area contributed by atoms with Crippen molar-refractivity contribution in [2.24, 2.45) is 5.92 Å². The van der Waals surface area contributed by atoms with Crippen molar-refractivity contribution in [2.75, 3.05) is 11.9 Å². The van der Waals surface area contributed by atoms with Crippen LogP contribution in [-0.2, 0) is 15.6 Å². The molecule has 0 spiro atoms. The number of nitrogens with zero attached hydrogens (tertiary/aromatic N) is 3. The highest BCUT2D eigenvalue weighted by molar-refractivity contribution is 6.99. The van der Waals surface area contributed by atoms with Gasteiger partial charge in [-0.1, -0.05) is 106 Å². The maximum Gasteiger partial charge on any atom is 0.261 e. The van der Waals surface area contributed by atoms with E-state index in [0.29, 0.717) is 13.0 Å². The molecule has 1 fully saturated rings. The van der Waals surface area contributed by atoms with Crippen LogP contribution in [0.15, 0.2) is 104 Å². The van der Waals surface area contributed by atoms with Crippen LogP contribution in [0.25, 0.3) is 11.0 Å². The van der Waals surface area contributed by atoms with E-state index in [1.165, 1.54) is 21.5 Å². The summed E-state index contributed by atoms with van der Waals surface area (Å²) in [7, 11) is -2.78. The van der Waals surface area contributed by atoms with E-state index >= 15 is 0 Å². The summed E-state index contributed by atoms with van der Waals surface area (Å²) in [6.07, 6.45) is 5.34. The lowest BCUT2D eigenvalue weighted by Gasteiger charge is -2.44. The molecule has 256 valence electrons. The molecule has 5 atom stereocenters. The van der Waals surface area contributed by atoms with Crippen LogP contribution in [0.4, 0.5) is 5.82 Å². The Bertz CT molecular complexity index is 1840. The fraction of sp³-hybridized carbons (Fsp3) is 0.415. The van der Waals surface area contributed by atoms with Crippen LogP contribution in [0, 0.1) is 5.92 Å². The zero-order valence-corrected chi connectivity index (χ0v) is 30.6. The molecular weight excluding hydrogens is 625 g/mol. The van der Waals surface area contributed by atoms with E-state index in [1.807, 2.05) is 0 Å². The van der Waals surface area contributed by atoms with Gasteiger partial charge in [0.2, 0.25) is 0 Å². The lowest BCUT2D eigenvalue weighted by molar-refractivity contribution is -0.123. The quantitative estimate of drug-likeness (QED) is 0.161. The molecule has 0 radical (unpaired) electrons. The lowest BCUT2D eigenvalue weighted by atomic mass is 10.1. The summed E-state index contributed by atoms with van der Waals surface area (Å²) in [5, 5.41) is 19.1. The molecule has 8 heteroatoms. The van der Waals surface area contributed by atoms with Crippen LogP contribution in [0.1, 0.15) is 77.6 Å². The van der Waals surface area contributed by atoms with Gasteiger partial charge in [0.1, 0.15) is 23.9 Å². The number of aliphatic hydroxyl groups is 1. The molecule has 2 N–H and O–H groups in total. The van der Waals surface area contributed by atoms with Crippen molar-refractivity contribution in [1.82, 2.24) is 14.5 Å². The Hall–Kier alpha value is -3.82. The number of hydrogen-bond donors (Lipinski definition) is 2. The van der Waals surface area contributed by atoms with Gasteiger partial charge in [0.05, 0.1) is 29.2 Å². The summed E-state index contributed by atoms with van der Waals surface area (Å²) in [6, 6.07) is 32.2. The number of aromatic nitrogens is 3. The van der Waals surface area contributed by atoms with Crippen molar-refractivity contribution in [2.45, 2.75) is 95.7 Å². The average Bonchev–Trinajstić information content (AvgIpc) is 3.77. The summed E-state index contributed by atoms with van der Waals surface area (Å²) in [5.41, 5.74) is 3.11. The Morgan fingerprint density at radius 1 is 0.857 bits per heavy atom. The van der Waals surface area contributed by atoms with Crippen molar-refractivity contribution in [3.63, 3.8) is 0 Å². The molecule has 5 aromatic rings. The van der Waals surface area contributed by atoms with Gasteiger partial charge < -0.3 is 24.2 Å². The molecule has 2 heterocycles. The van der Waals surface area contributed by atoms with E-state index in [0.717, 1.165) is 29.7 Å². The minimum Gasteiger partial charge on any atom is -0.407 e. The van der Waals surface area contributed by atoms with Crippen molar-refractivity contribution in [1.29, 1.82) is 0 Å². The zero-order valence-electron chi connectivity index (χ0n) is 29.6. The highest BCUT2D eigenvalue weighted by Gasteiger charge is 2.52. The topological polar surface area (TPSA) is 81.4 Å². The van der Waals surface area contributed by atoms with Gasteiger partial charge in [0.25, 0.3) is 8.32 Å². The summed E-state index contributed by atoms with van der Waals surface area (Å²) in [6.45, 7) is 13.6. The fourth-order valence-corrected chi connectivity index (χ4v) is 12.9. The maximum absolute atomic E-state index is 12.1. The van der Waals surface area contributed by atoms with Crippen molar-refractivity contribution in [3.05, 3.63) is 115 Å². The number of aliphatic hydroxyl groups excluding tert-OH is 1.